The third-order valence-electron chi connectivity index (χ3n) is 21.2. The number of likely N-dealkylation sites (N-methyl/N-ethyl adjacent to an activating group) is 2. The number of nitrogens with one attached hydrogen (secondary N) is 2. The number of ketones is 2. The van der Waals surface area contributed by atoms with Gasteiger partial charge in [0.2, 0.25) is 11.8 Å². The van der Waals surface area contributed by atoms with Gasteiger partial charge in [-0.2, -0.15) is 0 Å². The number of anilines is 1. The molecule has 0 unspecified atom stereocenters. The molecule has 4 amide bonds. The topological polar surface area (TPSA) is 362 Å². The smallest absolute Gasteiger partial charge is 0.309 e. The Bertz CT molecular complexity index is 3720. The number of ether oxygens (including phenoxy) is 2. The number of thiazole rings is 2. The molecule has 10 atom stereocenters. The van der Waals surface area contributed by atoms with Crippen LogP contribution in [0.15, 0.2) is 59.3 Å². The zero-order valence-corrected chi connectivity index (χ0v) is 69.8. The molecule has 0 radical (unpaired) electrons. The van der Waals surface area contributed by atoms with Crippen molar-refractivity contribution in [1.29, 1.82) is 0 Å². The van der Waals surface area contributed by atoms with Gasteiger partial charge in [-0.05, 0) is 166 Å². The second-order valence-electron chi connectivity index (χ2n) is 32.7. The number of nitrogens with two attached hydrogens (primary N) is 1. The van der Waals surface area contributed by atoms with Crippen LogP contribution >= 0.6 is 22.7 Å². The molecular weight excluding hydrogens is 1450 g/mol. The number of carbonyl (C=O) groups excluding carboxylic acids is 8. The average molecular weight is 1570 g/mol. The molecule has 6 rings (SSSR count). The lowest BCUT2D eigenvalue weighted by Gasteiger charge is -2.39. The van der Waals surface area contributed by atoms with Crippen molar-refractivity contribution in [2.24, 2.45) is 46.3 Å². The van der Waals surface area contributed by atoms with Gasteiger partial charge in [0.1, 0.15) is 21.4 Å². The molecule has 2 aromatic carbocycles. The number of nitrogens with zero attached hydrogens (tertiary/aromatic N) is 7. The highest BCUT2D eigenvalue weighted by atomic mass is 32.1. The SMILES string of the molecule is CCCN(C(=O)[C@@H](CC(=O)[C@H]1CCCCN1C)C(C)C)[C@H](C[C@@H](OC(C)=O)c1nc(C(=O)N[C@@H](Cc2ccc(N)cc2)CC(C)(C)C(=O)O)cs1)C(C)C.CCCN(C(=O)[C@@H](CC(=O)[C@H]1CCCCN1C)C(C)C)[C@H](C[C@@H](OC(C)=O)c1nc(C(=O)N[C@@H](Cc2ccc([N+](=O)[O-])cc2)CC(C)(C)C(=O)O)cs1)C(C)C. The first-order valence-electron chi connectivity index (χ1n) is 39.1. The fourth-order valence-corrected chi connectivity index (χ4v) is 16.4. The van der Waals surface area contributed by atoms with Gasteiger partial charge in [0.15, 0.2) is 23.8 Å². The van der Waals surface area contributed by atoms with Crippen LogP contribution in [0.2, 0.25) is 0 Å². The van der Waals surface area contributed by atoms with Gasteiger partial charge in [0, 0.05) is 117 Å². The number of aromatic nitrogens is 2. The van der Waals surface area contributed by atoms with E-state index in [4.69, 9.17) is 15.2 Å². The van der Waals surface area contributed by atoms with E-state index in [0.717, 1.165) is 68.5 Å². The first kappa shape index (κ1) is 92.5. The molecule has 0 saturated carbocycles. The highest BCUT2D eigenvalue weighted by Gasteiger charge is 2.42. The molecule has 2 aromatic heterocycles. The summed E-state index contributed by atoms with van der Waals surface area (Å²) in [7, 11) is 3.95. The van der Waals surface area contributed by atoms with Gasteiger partial charge < -0.3 is 45.9 Å². The van der Waals surface area contributed by atoms with Crippen molar-refractivity contribution in [2.45, 2.75) is 262 Å². The molecule has 6 N–H and O–H groups in total. The van der Waals surface area contributed by atoms with Crippen LogP contribution in [-0.4, -0.2) is 180 Å². The summed E-state index contributed by atoms with van der Waals surface area (Å²) in [6.07, 6.45) is 7.03. The number of amides is 4. The minimum Gasteiger partial charge on any atom is -0.481 e. The number of nitro groups is 1. The van der Waals surface area contributed by atoms with E-state index in [1.54, 1.807) is 62.7 Å². The lowest BCUT2D eigenvalue weighted by molar-refractivity contribution is -0.384. The number of aliphatic carboxylic acids is 2. The van der Waals surface area contributed by atoms with Crippen molar-refractivity contribution in [3.8, 4) is 0 Å². The number of non-ortho nitro benzene ring substituents is 1. The van der Waals surface area contributed by atoms with Crippen LogP contribution in [-0.2, 0) is 60.7 Å². The highest BCUT2D eigenvalue weighted by molar-refractivity contribution is 7.10. The van der Waals surface area contributed by atoms with Gasteiger partial charge in [0.25, 0.3) is 17.5 Å². The Morgan fingerprint density at radius 3 is 1.25 bits per heavy atom. The maximum absolute atomic E-state index is 14.5. The van der Waals surface area contributed by atoms with Crippen molar-refractivity contribution in [1.82, 2.24) is 40.2 Å². The summed E-state index contributed by atoms with van der Waals surface area (Å²) >= 11 is 2.34. The van der Waals surface area contributed by atoms with Gasteiger partial charge in [0.05, 0.1) is 27.8 Å². The number of carbonyl (C=O) groups is 10. The summed E-state index contributed by atoms with van der Waals surface area (Å²) in [5, 5.41) is 40.7. The van der Waals surface area contributed by atoms with E-state index in [1.807, 2.05) is 105 Å². The number of likely N-dealkylation sites (tertiary alicyclic amines) is 2. The van der Waals surface area contributed by atoms with Gasteiger partial charge in [-0.15, -0.1) is 22.7 Å². The highest BCUT2D eigenvalue weighted by Crippen LogP contribution is 2.37. The number of nitrogen functional groups attached to an aromatic ring is 1. The Kier molecular flexibility index (Phi) is 36.2. The van der Waals surface area contributed by atoms with Crippen molar-refractivity contribution in [2.75, 3.05) is 46.0 Å². The number of rotatable bonds is 41. The van der Waals surface area contributed by atoms with Crippen molar-refractivity contribution >= 4 is 93.1 Å². The molecule has 0 bridgehead atoms. The molecule has 110 heavy (non-hydrogen) atoms. The molecule has 2 fully saturated rings. The van der Waals surface area contributed by atoms with Crippen LogP contribution in [0.3, 0.4) is 0 Å². The number of piperidine rings is 2. The maximum Gasteiger partial charge on any atom is 0.309 e. The minimum atomic E-state index is -1.20. The predicted octanol–water partition coefficient (Wildman–Crippen LogP) is 13.4. The molecule has 2 aliphatic rings. The van der Waals surface area contributed by atoms with Crippen molar-refractivity contribution in [3.63, 3.8) is 0 Å². The Morgan fingerprint density at radius 1 is 0.591 bits per heavy atom. The largest absolute Gasteiger partial charge is 0.481 e. The lowest BCUT2D eigenvalue weighted by atomic mass is 9.84. The maximum atomic E-state index is 14.5. The molecule has 0 aliphatic carbocycles. The van der Waals surface area contributed by atoms with Crippen LogP contribution in [0, 0.1) is 56.5 Å². The Labute approximate surface area is 658 Å². The normalized spacial score (nSPS) is 17.3. The lowest BCUT2D eigenvalue weighted by Crippen LogP contribution is -2.50. The Morgan fingerprint density at radius 2 is 0.945 bits per heavy atom. The first-order valence-corrected chi connectivity index (χ1v) is 40.8. The average Bonchev–Trinajstić information content (AvgIpc) is 1.30. The Balaban J connectivity index is 0.000000394. The second-order valence-corrected chi connectivity index (χ2v) is 34.5. The first-order chi connectivity index (χ1) is 51.6. The number of hydrogen-bond acceptors (Lipinski definition) is 21. The number of esters is 2. The van der Waals surface area contributed by atoms with Crippen LogP contribution in [0.1, 0.15) is 255 Å². The van der Waals surface area contributed by atoms with Crippen LogP contribution in [0.25, 0.3) is 0 Å². The fourth-order valence-electron chi connectivity index (χ4n) is 14.8. The zero-order chi connectivity index (χ0) is 82.2. The van der Waals surface area contributed by atoms with Crippen LogP contribution < -0.4 is 16.4 Å². The van der Waals surface area contributed by atoms with E-state index in [9.17, 15) is 68.3 Å². The van der Waals surface area contributed by atoms with E-state index in [0.29, 0.717) is 53.6 Å². The van der Waals surface area contributed by atoms with E-state index in [2.05, 4.69) is 30.4 Å². The molecule has 610 valence electrons. The summed E-state index contributed by atoms with van der Waals surface area (Å²) in [6.45, 7) is 31.6. The quantitative estimate of drug-likeness (QED) is 0.0119. The van der Waals surface area contributed by atoms with Gasteiger partial charge in [-0.1, -0.05) is 106 Å². The Hall–Kier alpha value is -8.08. The number of hydrogen-bond donors (Lipinski definition) is 5. The number of carboxylic acid groups (broad SMARTS) is 2. The number of carboxylic acids is 2. The summed E-state index contributed by atoms with van der Waals surface area (Å²) in [6, 6.07) is 10.8. The van der Waals surface area contributed by atoms with Gasteiger partial charge in [-0.3, -0.25) is 67.9 Å². The molecule has 2 aliphatic heterocycles. The monoisotopic (exact) mass is 1570 g/mol. The van der Waals surface area contributed by atoms with E-state index >= 15 is 0 Å². The number of nitro benzene ring substituents is 1. The molecule has 28 heteroatoms. The molecule has 4 heterocycles. The zero-order valence-electron chi connectivity index (χ0n) is 68.1. The van der Waals surface area contributed by atoms with Crippen LogP contribution in [0.5, 0.6) is 0 Å². The van der Waals surface area contributed by atoms with E-state index < -0.39 is 87.6 Å². The van der Waals surface area contributed by atoms with Crippen molar-refractivity contribution < 1.29 is 72.6 Å². The summed E-state index contributed by atoms with van der Waals surface area (Å²) in [5.41, 5.74) is 5.80. The molecular formula is C82H124N10O16S2. The standard InChI is InChI=1S/C41H61N5O9S.C41H63N5O7S/c1-10-18-45(39(50)31(25(2)3)21-35(48)33-13-11-12-19-44(33)9)34(26(4)5)22-36(55-27(6)47)38-43-32(24-56-38)37(49)42-29(23-41(7,8)40(51)52)20-28-14-16-30(17-15-28)46(53)54;1-10-18-46(39(50)31(25(2)3)21-35(48)33-13-11-12-19-45(33)9)34(26(4)5)22-36(53-27(6)47)38-44-32(24-54-38)37(49)43-30(23-41(7,8)40(51)52)20-28-14-16-29(42)17-15-28/h14-17,24-26,29,31,33-34,36H,10-13,18-23H2,1-9H3,(H,42,49)(H,51,52);14-17,24-26,30-31,33-34,36H,10-13,18-23,42H2,1-9H3,(H,43,49)(H,51,52)/t29-,31-,33+,34+,36+;30-,31-,33+,34+,36+/m00/s1. The molecule has 4 aromatic rings. The third-order valence-corrected chi connectivity index (χ3v) is 23.1. The van der Waals surface area contributed by atoms with Gasteiger partial charge in [-0.25, -0.2) is 9.97 Å². The van der Waals surface area contributed by atoms with Crippen LogP contribution in [0.4, 0.5) is 11.4 Å². The van der Waals surface area contributed by atoms with Crippen molar-refractivity contribution in [3.05, 3.63) is 102 Å². The fraction of sp³-hybridized carbons (Fsp3) is 0.659. The van der Waals surface area contributed by atoms with E-state index in [1.165, 1.54) is 37.3 Å². The second kappa shape index (κ2) is 43.1. The number of Topliss-reactive ketones (excluding diaryl/α,β-unsaturated/α-hetero) is 2. The van der Waals surface area contributed by atoms with Gasteiger partial charge >= 0.3 is 23.9 Å². The summed E-state index contributed by atoms with van der Waals surface area (Å²) < 4.78 is 11.7. The summed E-state index contributed by atoms with van der Waals surface area (Å²) in [5.74, 6) is -5.32. The van der Waals surface area contributed by atoms with E-state index in [-0.39, 0.29) is 133 Å². The minimum absolute atomic E-state index is 0.0269. The molecule has 26 nitrogen and oxygen atoms in total. The number of benzene rings is 2. The third kappa shape index (κ3) is 27.7. The predicted molar refractivity (Wildman–Crippen MR) is 426 cm³/mol. The molecule has 0 spiro atoms. The summed E-state index contributed by atoms with van der Waals surface area (Å²) in [4.78, 5) is 160. The molecule has 2 saturated heterocycles.